The highest BCUT2D eigenvalue weighted by atomic mass is 16.5. The Morgan fingerprint density at radius 1 is 1.02 bits per heavy atom. The molecule has 0 radical (unpaired) electrons. The van der Waals surface area contributed by atoms with Crippen LogP contribution in [-0.2, 0) is 6.42 Å². The second kappa shape index (κ2) is 10.0. The number of carbonyl (C=O) groups is 1. The molecule has 3 aliphatic rings. The summed E-state index contributed by atoms with van der Waals surface area (Å²) in [6.07, 6.45) is 8.69. The zero-order chi connectivity index (χ0) is 28.3. The zero-order valence-corrected chi connectivity index (χ0v) is 24.7. The molecule has 2 aliphatic carbocycles. The van der Waals surface area contributed by atoms with Crippen LogP contribution in [-0.4, -0.2) is 48.1 Å². The number of fused-ring (bicyclic) bond motifs is 1. The highest BCUT2D eigenvalue weighted by Crippen LogP contribution is 2.55. The van der Waals surface area contributed by atoms with Gasteiger partial charge in [0.05, 0.1) is 5.52 Å². The summed E-state index contributed by atoms with van der Waals surface area (Å²) in [4.78, 5) is 21.2. The predicted molar refractivity (Wildman–Crippen MR) is 163 cm³/mol. The van der Waals surface area contributed by atoms with Crippen molar-refractivity contribution in [2.24, 2.45) is 11.3 Å². The lowest BCUT2D eigenvalue weighted by atomic mass is 9.56. The molecule has 2 aromatic heterocycles. The first-order chi connectivity index (χ1) is 19.8. The monoisotopic (exact) mass is 548 g/mol. The quantitative estimate of drug-likeness (QED) is 0.253. The molecule has 1 spiro atoms. The topological polar surface area (TPSA) is 62.5 Å². The van der Waals surface area contributed by atoms with Crippen molar-refractivity contribution in [1.82, 2.24) is 15.0 Å². The van der Waals surface area contributed by atoms with Crippen LogP contribution in [0.5, 0.6) is 0 Å². The number of rotatable bonds is 6. The average Bonchev–Trinajstić information content (AvgIpc) is 3.72. The Morgan fingerprint density at radius 3 is 2.49 bits per heavy atom. The third kappa shape index (κ3) is 4.81. The van der Waals surface area contributed by atoms with Crippen LogP contribution in [0.4, 0.5) is 5.69 Å². The van der Waals surface area contributed by atoms with Gasteiger partial charge in [0.2, 0.25) is 0 Å². The van der Waals surface area contributed by atoms with E-state index < -0.39 is 0 Å². The van der Waals surface area contributed by atoms with E-state index in [-0.39, 0.29) is 5.91 Å². The van der Waals surface area contributed by atoms with Crippen molar-refractivity contribution in [1.29, 1.82) is 0 Å². The number of benzene rings is 2. The molecule has 7 rings (SSSR count). The largest absolute Gasteiger partial charge is 0.371 e. The Bertz CT molecular complexity index is 1620. The summed E-state index contributed by atoms with van der Waals surface area (Å²) in [5, 5.41) is 5.74. The third-order valence-corrected chi connectivity index (χ3v) is 9.92. The number of aryl methyl sites for hydroxylation is 2. The molecule has 6 nitrogen and oxygen atoms in total. The number of hydrogen-bond donors (Lipinski definition) is 0. The number of aromatic nitrogens is 2. The molecule has 3 heterocycles. The van der Waals surface area contributed by atoms with E-state index in [0.717, 1.165) is 47.6 Å². The highest BCUT2D eigenvalue weighted by Gasteiger charge is 2.46. The Kier molecular flexibility index (Phi) is 6.40. The summed E-state index contributed by atoms with van der Waals surface area (Å²) in [6, 6.07) is 17.0. The van der Waals surface area contributed by atoms with Gasteiger partial charge in [-0.2, -0.15) is 0 Å². The fraction of sp³-hybridized carbons (Fsp3) is 0.457. The predicted octanol–water partition coefficient (Wildman–Crippen LogP) is 7.33. The van der Waals surface area contributed by atoms with Crippen molar-refractivity contribution in [3.05, 3.63) is 76.7 Å². The Balaban J connectivity index is 1.02. The van der Waals surface area contributed by atoms with Crippen molar-refractivity contribution in [2.75, 3.05) is 32.1 Å². The minimum atomic E-state index is -0.0570. The van der Waals surface area contributed by atoms with Crippen LogP contribution in [0.2, 0.25) is 0 Å². The Labute approximate surface area is 242 Å². The molecule has 41 heavy (non-hydrogen) atoms. The van der Waals surface area contributed by atoms with Crippen LogP contribution in [0.15, 0.2) is 53.1 Å². The molecule has 6 heteroatoms. The molecule has 2 saturated carbocycles. The summed E-state index contributed by atoms with van der Waals surface area (Å²) in [6.45, 7) is 6.44. The fourth-order valence-electron chi connectivity index (χ4n) is 7.40. The van der Waals surface area contributed by atoms with Crippen LogP contribution in [0.3, 0.4) is 0 Å². The molecule has 1 aliphatic heterocycles. The molecular weight excluding hydrogens is 508 g/mol. The van der Waals surface area contributed by atoms with Gasteiger partial charge in [-0.15, -0.1) is 0 Å². The normalized spacial score (nSPS) is 18.6. The maximum atomic E-state index is 12.5. The van der Waals surface area contributed by atoms with Crippen LogP contribution in [0.25, 0.3) is 22.2 Å². The molecule has 2 aromatic carbocycles. The first-order valence-electron chi connectivity index (χ1n) is 15.2. The van der Waals surface area contributed by atoms with Gasteiger partial charge in [0.1, 0.15) is 17.1 Å². The number of amides is 1. The second-order valence-electron chi connectivity index (χ2n) is 13.2. The smallest absolute Gasteiger partial charge is 0.271 e. The van der Waals surface area contributed by atoms with E-state index in [9.17, 15) is 4.79 Å². The lowest BCUT2D eigenvalue weighted by Crippen LogP contribution is -2.47. The van der Waals surface area contributed by atoms with E-state index in [4.69, 9.17) is 4.52 Å². The number of pyridine rings is 1. The second-order valence-corrected chi connectivity index (χ2v) is 13.2. The summed E-state index contributed by atoms with van der Waals surface area (Å²) < 4.78 is 5.99. The molecule has 0 atom stereocenters. The molecule has 4 aromatic rings. The van der Waals surface area contributed by atoms with Crippen LogP contribution >= 0.6 is 0 Å². The summed E-state index contributed by atoms with van der Waals surface area (Å²) >= 11 is 0. The van der Waals surface area contributed by atoms with Crippen molar-refractivity contribution in [3.8, 4) is 11.3 Å². The van der Waals surface area contributed by atoms with Crippen LogP contribution in [0.1, 0.15) is 77.4 Å². The molecule has 212 valence electrons. The zero-order valence-electron chi connectivity index (χ0n) is 24.7. The molecular formula is C35H40N4O2. The minimum absolute atomic E-state index is 0.0570. The molecule has 0 unspecified atom stereocenters. The molecule has 1 saturated heterocycles. The number of hydrogen-bond acceptors (Lipinski definition) is 5. The van der Waals surface area contributed by atoms with Gasteiger partial charge in [-0.1, -0.05) is 29.4 Å². The molecule has 0 N–H and O–H groups in total. The highest BCUT2D eigenvalue weighted by molar-refractivity contribution is 5.96. The van der Waals surface area contributed by atoms with E-state index in [2.05, 4.69) is 71.4 Å². The maximum absolute atomic E-state index is 12.5. The molecule has 3 fully saturated rings. The van der Waals surface area contributed by atoms with Crippen molar-refractivity contribution in [3.63, 3.8) is 0 Å². The Morgan fingerprint density at radius 2 is 1.78 bits per heavy atom. The van der Waals surface area contributed by atoms with Gasteiger partial charge < -0.3 is 14.3 Å². The van der Waals surface area contributed by atoms with Gasteiger partial charge in [0, 0.05) is 55.3 Å². The van der Waals surface area contributed by atoms with E-state index in [0.29, 0.717) is 17.0 Å². The van der Waals surface area contributed by atoms with E-state index >= 15 is 0 Å². The molecule has 0 bridgehead atoms. The molecule has 1 amide bonds. The first-order valence-corrected chi connectivity index (χ1v) is 15.2. The lowest BCUT2D eigenvalue weighted by Gasteiger charge is -2.53. The van der Waals surface area contributed by atoms with Gasteiger partial charge in [-0.05, 0) is 106 Å². The number of anilines is 1. The number of carbonyl (C=O) groups excluding carboxylic acids is 1. The fourth-order valence-corrected chi connectivity index (χ4v) is 7.40. The number of nitrogens with zero attached hydrogens (tertiary/aromatic N) is 4. The van der Waals surface area contributed by atoms with Gasteiger partial charge in [-0.25, -0.2) is 4.98 Å². The van der Waals surface area contributed by atoms with Crippen LogP contribution < -0.4 is 4.90 Å². The lowest BCUT2D eigenvalue weighted by molar-refractivity contribution is 0.0282. The summed E-state index contributed by atoms with van der Waals surface area (Å²) in [7, 11) is 3.53. The van der Waals surface area contributed by atoms with Gasteiger partial charge in [0.15, 0.2) is 0 Å². The standard InChI is InChI=1S/C35H40N4O2/c1-22-7-5-6-8-27(22)32-29(33(41-37-32)25-9-10-25)18-24-20-35(21-24)13-15-39(16-14-35)26-11-12-30-28(19-26)23(2)17-31(36-30)34(40)38(3)4/h5-8,11-12,17,19,24-25H,9-10,13-16,18,20-21H2,1-4H3. The van der Waals surface area contributed by atoms with E-state index in [1.165, 1.54) is 66.7 Å². The third-order valence-electron chi connectivity index (χ3n) is 9.92. The first kappa shape index (κ1) is 26.2. The van der Waals surface area contributed by atoms with Gasteiger partial charge in [0.25, 0.3) is 5.91 Å². The van der Waals surface area contributed by atoms with Gasteiger partial charge >= 0.3 is 0 Å². The summed E-state index contributed by atoms with van der Waals surface area (Å²) in [5.41, 5.74) is 9.20. The number of piperidine rings is 1. The van der Waals surface area contributed by atoms with Crippen molar-refractivity contribution in [2.45, 2.75) is 64.7 Å². The maximum Gasteiger partial charge on any atom is 0.271 e. The SMILES string of the molecule is Cc1ccccc1-c1noc(C2CC2)c1CC1CC2(CCN(c3ccc4nc(C(=O)N(C)C)cc(C)c4c3)CC2)C1. The van der Waals surface area contributed by atoms with E-state index in [1.54, 1.807) is 19.0 Å². The van der Waals surface area contributed by atoms with Crippen molar-refractivity contribution >= 4 is 22.5 Å². The summed E-state index contributed by atoms with van der Waals surface area (Å²) in [5.74, 6) is 2.40. The van der Waals surface area contributed by atoms with Crippen LogP contribution in [0, 0.1) is 25.2 Å². The van der Waals surface area contributed by atoms with E-state index in [1.807, 2.05) is 6.07 Å². The average molecular weight is 549 g/mol. The van der Waals surface area contributed by atoms with Crippen molar-refractivity contribution < 1.29 is 9.32 Å². The Hall–Kier alpha value is -3.67. The van der Waals surface area contributed by atoms with Gasteiger partial charge in [-0.3, -0.25) is 4.79 Å². The minimum Gasteiger partial charge on any atom is -0.371 e.